The van der Waals surface area contributed by atoms with E-state index in [9.17, 15) is 9.90 Å². The number of halogens is 1. The second-order valence-corrected chi connectivity index (χ2v) is 6.01. The molecule has 2 aromatic rings. The van der Waals surface area contributed by atoms with E-state index in [1.54, 1.807) is 13.2 Å². The molecule has 1 heterocycles. The zero-order valence-electron chi connectivity index (χ0n) is 12.0. The number of ether oxygens (including phenoxy) is 1. The van der Waals surface area contributed by atoms with Gasteiger partial charge in [-0.3, -0.25) is 4.79 Å². The molecule has 3 rings (SSSR count). The summed E-state index contributed by atoms with van der Waals surface area (Å²) in [6.45, 7) is 1.83. The molecule has 1 aliphatic rings. The highest BCUT2D eigenvalue weighted by Gasteiger charge is 2.45. The van der Waals surface area contributed by atoms with Crippen LogP contribution in [0.4, 0.5) is 0 Å². The minimum Gasteiger partial charge on any atom is -0.493 e. The zero-order chi connectivity index (χ0) is 15.2. The third kappa shape index (κ3) is 2.01. The average Bonchev–Trinajstić information content (AvgIpc) is 3.06. The van der Waals surface area contributed by atoms with Crippen molar-refractivity contribution in [3.05, 3.63) is 28.5 Å². The number of rotatable bonds is 3. The van der Waals surface area contributed by atoms with Crippen LogP contribution in [0.1, 0.15) is 37.0 Å². The molecule has 0 atom stereocenters. The summed E-state index contributed by atoms with van der Waals surface area (Å²) in [4.78, 5) is 11.9. The molecule has 1 aromatic carbocycles. The Morgan fingerprint density at radius 1 is 1.38 bits per heavy atom. The lowest BCUT2D eigenvalue weighted by atomic mass is 9.78. The molecule has 21 heavy (non-hydrogen) atoms. The maximum Gasteiger partial charge on any atom is 0.314 e. The van der Waals surface area contributed by atoms with E-state index in [4.69, 9.17) is 20.8 Å². The minimum atomic E-state index is -0.913. The lowest BCUT2D eigenvalue weighted by molar-refractivity contribution is -0.143. The summed E-state index contributed by atoms with van der Waals surface area (Å²) < 4.78 is 11.0. The van der Waals surface area contributed by atoms with E-state index in [0.29, 0.717) is 34.8 Å². The molecule has 4 nitrogen and oxygen atoms in total. The number of benzene rings is 1. The predicted octanol–water partition coefficient (Wildman–Crippen LogP) is 4.30. The van der Waals surface area contributed by atoms with Crippen LogP contribution in [0.3, 0.4) is 0 Å². The molecule has 1 fully saturated rings. The highest BCUT2D eigenvalue weighted by atomic mass is 35.5. The normalized spacial score (nSPS) is 17.3. The molecule has 1 aliphatic carbocycles. The van der Waals surface area contributed by atoms with E-state index in [2.05, 4.69) is 0 Å². The van der Waals surface area contributed by atoms with Gasteiger partial charge in [0.15, 0.2) is 11.3 Å². The lowest BCUT2D eigenvalue weighted by Gasteiger charge is -2.26. The van der Waals surface area contributed by atoms with Crippen LogP contribution >= 0.6 is 11.6 Å². The van der Waals surface area contributed by atoms with Crippen LogP contribution in [0.25, 0.3) is 11.0 Å². The van der Waals surface area contributed by atoms with E-state index in [-0.39, 0.29) is 0 Å². The molecule has 0 aliphatic heterocycles. The summed E-state index contributed by atoms with van der Waals surface area (Å²) in [5.41, 5.74) is 0.297. The van der Waals surface area contributed by atoms with Gasteiger partial charge in [-0.2, -0.15) is 0 Å². The molecule has 0 unspecified atom stereocenters. The summed E-state index contributed by atoms with van der Waals surface area (Å²) in [6, 6.07) is 3.56. The maximum atomic E-state index is 11.9. The third-order valence-corrected chi connectivity index (χ3v) is 4.84. The first-order chi connectivity index (χ1) is 9.99. The standard InChI is InChI=1S/C16H17ClO4/c1-9-7-10-13(17)11(8-12(20-2)14(10)21-9)16(15(18)19)5-3-4-6-16/h7-8H,3-6H2,1-2H3,(H,18,19). The van der Waals surface area contributed by atoms with Gasteiger partial charge in [0, 0.05) is 5.39 Å². The zero-order valence-corrected chi connectivity index (χ0v) is 12.8. The quantitative estimate of drug-likeness (QED) is 0.918. The molecule has 0 radical (unpaired) electrons. The molecule has 1 saturated carbocycles. The Labute approximate surface area is 127 Å². The van der Waals surface area contributed by atoms with Crippen LogP contribution in [0.15, 0.2) is 16.5 Å². The van der Waals surface area contributed by atoms with Gasteiger partial charge >= 0.3 is 5.97 Å². The molecule has 1 N–H and O–H groups in total. The maximum absolute atomic E-state index is 11.9. The van der Waals surface area contributed by atoms with E-state index in [0.717, 1.165) is 24.0 Å². The Balaban J connectivity index is 2.32. The highest BCUT2D eigenvalue weighted by Crippen LogP contribution is 2.48. The van der Waals surface area contributed by atoms with Gasteiger partial charge in [0.1, 0.15) is 5.76 Å². The SMILES string of the molecule is COc1cc(C2(C(=O)O)CCCC2)c(Cl)c2cc(C)oc12. The number of furan rings is 1. The predicted molar refractivity (Wildman–Crippen MR) is 80.3 cm³/mol. The fourth-order valence-electron chi connectivity index (χ4n) is 3.34. The van der Waals surface area contributed by atoms with Crippen molar-refractivity contribution in [2.45, 2.75) is 38.0 Å². The Kier molecular flexibility index (Phi) is 3.36. The van der Waals surface area contributed by atoms with Crippen molar-refractivity contribution in [3.63, 3.8) is 0 Å². The first kappa shape index (κ1) is 14.3. The van der Waals surface area contributed by atoms with Crippen LogP contribution < -0.4 is 4.74 Å². The van der Waals surface area contributed by atoms with Gasteiger partial charge in [0.25, 0.3) is 0 Å². The monoisotopic (exact) mass is 308 g/mol. The van der Waals surface area contributed by atoms with E-state index in [1.807, 2.05) is 13.0 Å². The number of fused-ring (bicyclic) bond motifs is 1. The second-order valence-electron chi connectivity index (χ2n) is 5.63. The van der Waals surface area contributed by atoms with Crippen molar-refractivity contribution >= 4 is 28.5 Å². The van der Waals surface area contributed by atoms with E-state index >= 15 is 0 Å². The Bertz CT molecular complexity index is 711. The Morgan fingerprint density at radius 2 is 2.05 bits per heavy atom. The second kappa shape index (κ2) is 4.95. The van der Waals surface area contributed by atoms with Gasteiger partial charge in [-0.05, 0) is 37.5 Å². The van der Waals surface area contributed by atoms with Gasteiger partial charge in [-0.15, -0.1) is 0 Å². The van der Waals surface area contributed by atoms with Crippen molar-refractivity contribution in [1.29, 1.82) is 0 Å². The van der Waals surface area contributed by atoms with Crippen LogP contribution in [0, 0.1) is 6.92 Å². The highest BCUT2D eigenvalue weighted by molar-refractivity contribution is 6.36. The number of hydrogen-bond acceptors (Lipinski definition) is 3. The first-order valence-electron chi connectivity index (χ1n) is 7.00. The van der Waals surface area contributed by atoms with E-state index in [1.165, 1.54) is 0 Å². The summed E-state index contributed by atoms with van der Waals surface area (Å²) in [7, 11) is 1.55. The van der Waals surface area contributed by atoms with Gasteiger partial charge in [-0.25, -0.2) is 0 Å². The van der Waals surface area contributed by atoms with Crippen molar-refractivity contribution in [2.24, 2.45) is 0 Å². The first-order valence-corrected chi connectivity index (χ1v) is 7.38. The summed E-state index contributed by atoms with van der Waals surface area (Å²) in [6.07, 6.45) is 3.00. The molecule has 112 valence electrons. The largest absolute Gasteiger partial charge is 0.493 e. The Morgan fingerprint density at radius 3 is 2.62 bits per heavy atom. The van der Waals surface area contributed by atoms with E-state index < -0.39 is 11.4 Å². The molecular formula is C16H17ClO4. The fraction of sp³-hybridized carbons (Fsp3) is 0.438. The smallest absolute Gasteiger partial charge is 0.314 e. The van der Waals surface area contributed by atoms with Gasteiger partial charge in [0.2, 0.25) is 0 Å². The molecule has 0 amide bonds. The number of hydrogen-bond donors (Lipinski definition) is 1. The van der Waals surface area contributed by atoms with Gasteiger partial charge in [-0.1, -0.05) is 24.4 Å². The average molecular weight is 309 g/mol. The summed E-state index contributed by atoms with van der Waals surface area (Å²) >= 11 is 6.52. The van der Waals surface area contributed by atoms with Crippen molar-refractivity contribution in [1.82, 2.24) is 0 Å². The number of carboxylic acid groups (broad SMARTS) is 1. The molecule has 0 saturated heterocycles. The summed E-state index contributed by atoms with van der Waals surface area (Å²) in [5.74, 6) is 0.437. The Hall–Kier alpha value is -1.68. The number of carbonyl (C=O) groups is 1. The van der Waals surface area contributed by atoms with Crippen molar-refractivity contribution in [3.8, 4) is 5.75 Å². The number of methoxy groups -OCH3 is 1. The number of aliphatic carboxylic acids is 1. The van der Waals surface area contributed by atoms with Crippen LogP contribution in [0.5, 0.6) is 5.75 Å². The third-order valence-electron chi connectivity index (χ3n) is 4.43. The molecule has 1 aromatic heterocycles. The molecular weight excluding hydrogens is 292 g/mol. The van der Waals surface area contributed by atoms with Crippen LogP contribution in [-0.4, -0.2) is 18.2 Å². The van der Waals surface area contributed by atoms with Crippen LogP contribution in [-0.2, 0) is 10.2 Å². The van der Waals surface area contributed by atoms with Crippen LogP contribution in [0.2, 0.25) is 5.02 Å². The number of aryl methyl sites for hydroxylation is 1. The minimum absolute atomic E-state index is 0.465. The fourth-order valence-corrected chi connectivity index (χ4v) is 3.72. The lowest BCUT2D eigenvalue weighted by Crippen LogP contribution is -2.33. The van der Waals surface area contributed by atoms with Crippen molar-refractivity contribution in [2.75, 3.05) is 7.11 Å². The molecule has 0 spiro atoms. The van der Waals surface area contributed by atoms with Gasteiger partial charge < -0.3 is 14.3 Å². The van der Waals surface area contributed by atoms with Gasteiger partial charge in [0.05, 0.1) is 17.5 Å². The van der Waals surface area contributed by atoms with Crippen molar-refractivity contribution < 1.29 is 19.1 Å². The number of carboxylic acids is 1. The molecule has 5 heteroatoms. The summed E-state index contributed by atoms with van der Waals surface area (Å²) in [5, 5.41) is 10.9. The molecule has 0 bridgehead atoms. The topological polar surface area (TPSA) is 59.7 Å².